The van der Waals surface area contributed by atoms with Crippen LogP contribution in [0.1, 0.15) is 34.6 Å². The lowest BCUT2D eigenvalue weighted by molar-refractivity contribution is 0.0679. The third kappa shape index (κ3) is 4.49. The van der Waals surface area contributed by atoms with Crippen LogP contribution in [-0.4, -0.2) is 35.0 Å². The van der Waals surface area contributed by atoms with Gasteiger partial charge in [0.1, 0.15) is 12.4 Å². The first-order valence-corrected chi connectivity index (χ1v) is 9.88. The summed E-state index contributed by atoms with van der Waals surface area (Å²) in [5, 5.41) is 7.52. The van der Waals surface area contributed by atoms with E-state index in [9.17, 15) is 4.79 Å². The third-order valence-corrected chi connectivity index (χ3v) is 4.97. The van der Waals surface area contributed by atoms with E-state index < -0.39 is 0 Å². The summed E-state index contributed by atoms with van der Waals surface area (Å²) in [6, 6.07) is 16.8. The molecule has 29 heavy (non-hydrogen) atoms. The number of nitrogens with zero attached hydrogens (tertiary/aromatic N) is 2. The van der Waals surface area contributed by atoms with Gasteiger partial charge in [0.15, 0.2) is 0 Å². The van der Waals surface area contributed by atoms with E-state index in [-0.39, 0.29) is 12.0 Å². The maximum Gasteiger partial charge on any atom is 0.255 e. The van der Waals surface area contributed by atoms with E-state index in [2.05, 4.69) is 10.4 Å². The molecule has 6 nitrogen and oxygen atoms in total. The summed E-state index contributed by atoms with van der Waals surface area (Å²) < 4.78 is 13.2. The normalized spacial score (nSPS) is 16.0. The van der Waals surface area contributed by atoms with Gasteiger partial charge in [-0.2, -0.15) is 5.10 Å². The third-order valence-electron chi connectivity index (χ3n) is 4.97. The van der Waals surface area contributed by atoms with E-state index in [1.807, 2.05) is 61.0 Å². The van der Waals surface area contributed by atoms with Crippen LogP contribution in [0, 0.1) is 13.8 Å². The Morgan fingerprint density at radius 2 is 2.00 bits per heavy atom. The fraction of sp³-hybridized carbons (Fsp3) is 0.304. The number of ether oxygens (including phenoxy) is 2. The molecular weight excluding hydrogens is 366 g/mol. The second kappa shape index (κ2) is 8.49. The van der Waals surface area contributed by atoms with Crippen molar-refractivity contribution in [1.82, 2.24) is 9.78 Å². The number of aryl methyl sites for hydroxylation is 2. The number of nitrogens with one attached hydrogen (secondary N) is 1. The number of amides is 1. The number of carbonyl (C=O) groups excluding carboxylic acids is 1. The number of carbonyl (C=O) groups is 1. The van der Waals surface area contributed by atoms with Crippen molar-refractivity contribution in [1.29, 1.82) is 0 Å². The summed E-state index contributed by atoms with van der Waals surface area (Å²) in [5.74, 6) is 0.560. The molecule has 1 aliphatic rings. The van der Waals surface area contributed by atoms with Gasteiger partial charge in [0.05, 0.1) is 23.2 Å². The summed E-state index contributed by atoms with van der Waals surface area (Å²) in [4.78, 5) is 12.8. The van der Waals surface area contributed by atoms with Crippen molar-refractivity contribution in [2.45, 2.75) is 32.8 Å². The minimum Gasteiger partial charge on any atom is -0.491 e. The predicted octanol–water partition coefficient (Wildman–Crippen LogP) is 4.30. The largest absolute Gasteiger partial charge is 0.491 e. The summed E-state index contributed by atoms with van der Waals surface area (Å²) in [6.07, 6.45) is 2.30. The van der Waals surface area contributed by atoms with Crippen LogP contribution in [0.2, 0.25) is 0 Å². The minimum absolute atomic E-state index is 0.170. The Hall–Kier alpha value is -3.12. The highest BCUT2D eigenvalue weighted by atomic mass is 16.5. The molecule has 0 radical (unpaired) electrons. The standard InChI is InChI=1S/C23H25N3O3/c1-16-14-17(2)26(25-16)22-8-4-3-7-21(22)24-23(27)18-9-11-19(12-10-18)29-15-20-6-5-13-28-20/h3-4,7-12,14,20H,5-6,13,15H2,1-2H3,(H,24,27). The molecule has 0 spiro atoms. The lowest BCUT2D eigenvalue weighted by Gasteiger charge is -2.13. The van der Waals surface area contributed by atoms with Crippen LogP contribution in [-0.2, 0) is 4.74 Å². The van der Waals surface area contributed by atoms with Gasteiger partial charge < -0.3 is 14.8 Å². The van der Waals surface area contributed by atoms with Crippen molar-refractivity contribution in [3.05, 3.63) is 71.5 Å². The lowest BCUT2D eigenvalue weighted by Crippen LogP contribution is -2.16. The Kier molecular flexibility index (Phi) is 5.62. The number of para-hydroxylation sites is 2. The molecule has 0 aliphatic carbocycles. The van der Waals surface area contributed by atoms with Crippen molar-refractivity contribution in [3.63, 3.8) is 0 Å². The van der Waals surface area contributed by atoms with Gasteiger partial charge >= 0.3 is 0 Å². The van der Waals surface area contributed by atoms with Crippen molar-refractivity contribution in [2.75, 3.05) is 18.5 Å². The van der Waals surface area contributed by atoms with Crippen LogP contribution in [0.3, 0.4) is 0 Å². The molecule has 1 saturated heterocycles. The molecular formula is C23H25N3O3. The van der Waals surface area contributed by atoms with Gasteiger partial charge in [-0.1, -0.05) is 12.1 Å². The monoisotopic (exact) mass is 391 g/mol. The maximum atomic E-state index is 12.8. The van der Waals surface area contributed by atoms with Crippen molar-refractivity contribution < 1.29 is 14.3 Å². The number of aromatic nitrogens is 2. The van der Waals surface area contributed by atoms with Gasteiger partial charge in [-0.25, -0.2) is 4.68 Å². The summed E-state index contributed by atoms with van der Waals surface area (Å²) in [5.41, 5.74) is 4.06. The fourth-order valence-electron chi connectivity index (χ4n) is 3.50. The molecule has 1 atom stereocenters. The lowest BCUT2D eigenvalue weighted by atomic mass is 10.2. The smallest absolute Gasteiger partial charge is 0.255 e. The molecule has 2 heterocycles. The van der Waals surface area contributed by atoms with Gasteiger partial charge in [0.2, 0.25) is 0 Å². The SMILES string of the molecule is Cc1cc(C)n(-c2ccccc2NC(=O)c2ccc(OCC3CCCO3)cc2)n1. The maximum absolute atomic E-state index is 12.8. The summed E-state index contributed by atoms with van der Waals surface area (Å²) in [6.45, 7) is 5.30. The average Bonchev–Trinajstić information content (AvgIpc) is 3.36. The van der Waals surface area contributed by atoms with Gasteiger partial charge in [-0.3, -0.25) is 4.79 Å². The molecule has 1 amide bonds. The topological polar surface area (TPSA) is 65.4 Å². The van der Waals surface area contributed by atoms with Crippen LogP contribution in [0.5, 0.6) is 5.75 Å². The van der Waals surface area contributed by atoms with Crippen molar-refractivity contribution in [2.24, 2.45) is 0 Å². The molecule has 0 saturated carbocycles. The number of hydrogen-bond donors (Lipinski definition) is 1. The highest BCUT2D eigenvalue weighted by Crippen LogP contribution is 2.23. The van der Waals surface area contributed by atoms with Crippen LogP contribution in [0.15, 0.2) is 54.6 Å². The minimum atomic E-state index is -0.176. The van der Waals surface area contributed by atoms with Gasteiger partial charge in [-0.05, 0) is 69.2 Å². The molecule has 3 aromatic rings. The van der Waals surface area contributed by atoms with E-state index in [4.69, 9.17) is 9.47 Å². The highest BCUT2D eigenvalue weighted by molar-refractivity contribution is 6.05. The number of benzene rings is 2. The van der Waals surface area contributed by atoms with E-state index >= 15 is 0 Å². The van der Waals surface area contributed by atoms with Gasteiger partial charge in [0.25, 0.3) is 5.91 Å². The number of hydrogen-bond acceptors (Lipinski definition) is 4. The molecule has 1 aliphatic heterocycles. The van der Waals surface area contributed by atoms with E-state index in [1.165, 1.54) is 0 Å². The molecule has 150 valence electrons. The molecule has 6 heteroatoms. The van der Waals surface area contributed by atoms with Crippen LogP contribution in [0.4, 0.5) is 5.69 Å². The van der Waals surface area contributed by atoms with Gasteiger partial charge in [0, 0.05) is 17.9 Å². The Morgan fingerprint density at radius 3 is 2.69 bits per heavy atom. The Labute approximate surface area is 170 Å². The average molecular weight is 391 g/mol. The number of rotatable bonds is 6. The van der Waals surface area contributed by atoms with Crippen LogP contribution >= 0.6 is 0 Å². The Morgan fingerprint density at radius 1 is 1.21 bits per heavy atom. The molecule has 1 fully saturated rings. The number of anilines is 1. The second-order valence-corrected chi connectivity index (χ2v) is 7.28. The first kappa shape index (κ1) is 19.2. The molecule has 2 aromatic carbocycles. The zero-order valence-corrected chi connectivity index (χ0v) is 16.7. The molecule has 1 N–H and O–H groups in total. The Bertz CT molecular complexity index is 989. The predicted molar refractivity (Wildman–Crippen MR) is 112 cm³/mol. The molecule has 1 unspecified atom stereocenters. The first-order valence-electron chi connectivity index (χ1n) is 9.88. The van der Waals surface area contributed by atoms with E-state index in [0.29, 0.717) is 17.9 Å². The first-order chi connectivity index (χ1) is 14.1. The molecule has 0 bridgehead atoms. The molecule has 1 aromatic heterocycles. The quantitative estimate of drug-likeness (QED) is 0.680. The summed E-state index contributed by atoms with van der Waals surface area (Å²) in [7, 11) is 0. The zero-order chi connectivity index (χ0) is 20.2. The summed E-state index contributed by atoms with van der Waals surface area (Å²) >= 11 is 0. The highest BCUT2D eigenvalue weighted by Gasteiger charge is 2.16. The fourth-order valence-corrected chi connectivity index (χ4v) is 3.50. The van der Waals surface area contributed by atoms with E-state index in [0.717, 1.165) is 42.3 Å². The van der Waals surface area contributed by atoms with Gasteiger partial charge in [-0.15, -0.1) is 0 Å². The Balaban J connectivity index is 1.45. The molecule has 4 rings (SSSR count). The van der Waals surface area contributed by atoms with Crippen LogP contribution in [0.25, 0.3) is 5.69 Å². The van der Waals surface area contributed by atoms with Crippen LogP contribution < -0.4 is 10.1 Å². The second-order valence-electron chi connectivity index (χ2n) is 7.28. The van der Waals surface area contributed by atoms with E-state index in [1.54, 1.807) is 12.1 Å². The zero-order valence-electron chi connectivity index (χ0n) is 16.7. The van der Waals surface area contributed by atoms with Crippen molar-refractivity contribution in [3.8, 4) is 11.4 Å². The van der Waals surface area contributed by atoms with Crippen molar-refractivity contribution >= 4 is 11.6 Å².